The van der Waals surface area contributed by atoms with Crippen molar-refractivity contribution in [2.45, 2.75) is 27.0 Å². The highest BCUT2D eigenvalue weighted by atomic mass is 16.5. The van der Waals surface area contributed by atoms with E-state index in [2.05, 4.69) is 34.2 Å². The van der Waals surface area contributed by atoms with Gasteiger partial charge < -0.3 is 24.4 Å². The molecule has 36 heavy (non-hydrogen) atoms. The van der Waals surface area contributed by atoms with Crippen LogP contribution in [0.5, 0.6) is 5.75 Å². The number of nitrogens with one attached hydrogen (secondary N) is 1. The van der Waals surface area contributed by atoms with Crippen molar-refractivity contribution in [2.75, 3.05) is 42.9 Å². The number of piperazine rings is 1. The summed E-state index contributed by atoms with van der Waals surface area (Å²) in [5.74, 6) is 1.40. The second kappa shape index (κ2) is 10.8. The lowest BCUT2D eigenvalue weighted by Gasteiger charge is -2.35. The van der Waals surface area contributed by atoms with Gasteiger partial charge in [-0.15, -0.1) is 0 Å². The summed E-state index contributed by atoms with van der Waals surface area (Å²) in [6.07, 6.45) is 0. The molecule has 7 nitrogen and oxygen atoms in total. The first kappa shape index (κ1) is 23.9. The summed E-state index contributed by atoms with van der Waals surface area (Å²) in [6.45, 7) is 10.0. The largest absolute Gasteiger partial charge is 0.486 e. The van der Waals surface area contributed by atoms with E-state index < -0.39 is 0 Å². The van der Waals surface area contributed by atoms with Gasteiger partial charge in [0.15, 0.2) is 0 Å². The second-order valence-corrected chi connectivity index (χ2v) is 9.17. The molecule has 1 amide bonds. The number of carbonyl (C=O) groups is 1. The third-order valence-corrected chi connectivity index (χ3v) is 6.82. The van der Waals surface area contributed by atoms with Crippen LogP contribution < -0.4 is 15.0 Å². The molecule has 1 aromatic heterocycles. The van der Waals surface area contributed by atoms with Crippen LogP contribution in [0.15, 0.2) is 72.8 Å². The predicted molar refractivity (Wildman–Crippen MR) is 145 cm³/mol. The molecule has 1 saturated heterocycles. The third kappa shape index (κ3) is 5.36. The molecular formula is C29H33N5O2. The molecule has 4 aromatic rings. The lowest BCUT2D eigenvalue weighted by atomic mass is 10.1. The van der Waals surface area contributed by atoms with Crippen LogP contribution in [0.25, 0.3) is 11.0 Å². The molecule has 2 heterocycles. The summed E-state index contributed by atoms with van der Waals surface area (Å²) in [7, 11) is 0. The molecule has 5 rings (SSSR count). The molecule has 0 spiro atoms. The number of nitrogens with zero attached hydrogens (tertiary/aromatic N) is 4. The fourth-order valence-corrected chi connectivity index (χ4v) is 4.72. The van der Waals surface area contributed by atoms with E-state index in [1.54, 1.807) is 0 Å². The maximum Gasteiger partial charge on any atom is 0.244 e. The minimum Gasteiger partial charge on any atom is -0.486 e. The highest BCUT2D eigenvalue weighted by Gasteiger charge is 2.18. The number of imidazole rings is 1. The lowest BCUT2D eigenvalue weighted by Crippen LogP contribution is -2.46. The van der Waals surface area contributed by atoms with Gasteiger partial charge in [-0.05, 0) is 61.5 Å². The molecule has 0 saturated carbocycles. The predicted octanol–water partition coefficient (Wildman–Crippen LogP) is 4.70. The van der Waals surface area contributed by atoms with Gasteiger partial charge in [0.25, 0.3) is 0 Å². The van der Waals surface area contributed by atoms with Gasteiger partial charge >= 0.3 is 0 Å². The molecule has 0 aliphatic carbocycles. The fourth-order valence-electron chi connectivity index (χ4n) is 4.72. The SMILES string of the molecule is CCN1CCN(c2ccc(NC(=O)Cn3c(COc4ccccc4)nc4ccccc43)c(C)c2)CC1. The molecule has 0 unspecified atom stereocenters. The van der Waals surface area contributed by atoms with Crippen LogP contribution in [0.1, 0.15) is 18.3 Å². The average Bonchev–Trinajstić information content (AvgIpc) is 3.26. The Labute approximate surface area is 212 Å². The zero-order chi connectivity index (χ0) is 24.9. The smallest absolute Gasteiger partial charge is 0.244 e. The summed E-state index contributed by atoms with van der Waals surface area (Å²) >= 11 is 0. The van der Waals surface area contributed by atoms with Crippen molar-refractivity contribution in [3.8, 4) is 5.75 Å². The van der Waals surface area contributed by atoms with Gasteiger partial charge in [-0.25, -0.2) is 4.98 Å². The Hall–Kier alpha value is -3.84. The van der Waals surface area contributed by atoms with Gasteiger partial charge in [0.2, 0.25) is 5.91 Å². The lowest BCUT2D eigenvalue weighted by molar-refractivity contribution is -0.116. The highest BCUT2D eigenvalue weighted by Crippen LogP contribution is 2.24. The normalized spacial score (nSPS) is 14.2. The minimum atomic E-state index is -0.0912. The van der Waals surface area contributed by atoms with Crippen molar-refractivity contribution in [3.63, 3.8) is 0 Å². The molecule has 186 valence electrons. The number of aromatic nitrogens is 2. The Kier molecular flexibility index (Phi) is 7.18. The van der Waals surface area contributed by atoms with E-state index in [4.69, 9.17) is 9.72 Å². The summed E-state index contributed by atoms with van der Waals surface area (Å²) in [4.78, 5) is 22.8. The average molecular weight is 484 g/mol. The van der Waals surface area contributed by atoms with Crippen LogP contribution >= 0.6 is 0 Å². The minimum absolute atomic E-state index is 0.0912. The summed E-state index contributed by atoms with van der Waals surface area (Å²) in [5.41, 5.74) is 4.87. The van der Waals surface area contributed by atoms with E-state index >= 15 is 0 Å². The molecule has 1 aliphatic rings. The molecule has 7 heteroatoms. The van der Waals surface area contributed by atoms with E-state index in [0.717, 1.165) is 60.8 Å². The van der Waals surface area contributed by atoms with Crippen LogP contribution in [0.4, 0.5) is 11.4 Å². The third-order valence-electron chi connectivity index (χ3n) is 6.82. The van der Waals surface area contributed by atoms with Crippen LogP contribution in [-0.4, -0.2) is 53.1 Å². The molecule has 0 atom stereocenters. The van der Waals surface area contributed by atoms with Gasteiger partial charge in [-0.3, -0.25) is 4.79 Å². The second-order valence-electron chi connectivity index (χ2n) is 9.17. The molecule has 0 bridgehead atoms. The van der Waals surface area contributed by atoms with E-state index in [0.29, 0.717) is 5.82 Å². The van der Waals surface area contributed by atoms with Crippen molar-refractivity contribution >= 4 is 28.3 Å². The Balaban J connectivity index is 1.28. The standard InChI is InChI=1S/C29H33N5O2/c1-3-32-15-17-33(18-16-32)23-13-14-25(22(2)19-23)31-29(35)20-34-27-12-8-7-11-26(27)30-28(34)21-36-24-9-5-4-6-10-24/h4-14,19H,3,15-18,20-21H2,1-2H3,(H,31,35). The van der Waals surface area contributed by atoms with Gasteiger partial charge in [0.1, 0.15) is 24.7 Å². The first-order valence-corrected chi connectivity index (χ1v) is 12.6. The van der Waals surface area contributed by atoms with Gasteiger partial charge in [0.05, 0.1) is 11.0 Å². The first-order chi connectivity index (χ1) is 17.6. The van der Waals surface area contributed by atoms with Gasteiger partial charge in [0, 0.05) is 37.6 Å². The van der Waals surface area contributed by atoms with Crippen LogP contribution in [0.2, 0.25) is 0 Å². The Morgan fingerprint density at radius 3 is 2.47 bits per heavy atom. The molecule has 3 aromatic carbocycles. The number of rotatable bonds is 8. The number of ether oxygens (including phenoxy) is 1. The van der Waals surface area contributed by atoms with Crippen molar-refractivity contribution < 1.29 is 9.53 Å². The van der Waals surface area contributed by atoms with E-state index in [-0.39, 0.29) is 19.1 Å². The Bertz CT molecular complexity index is 1330. The number of benzene rings is 3. The number of hydrogen-bond donors (Lipinski definition) is 1. The Morgan fingerprint density at radius 1 is 0.972 bits per heavy atom. The van der Waals surface area contributed by atoms with Crippen molar-refractivity contribution in [3.05, 3.63) is 84.2 Å². The van der Waals surface area contributed by atoms with Crippen molar-refractivity contribution in [1.82, 2.24) is 14.5 Å². The maximum absolute atomic E-state index is 13.1. The summed E-state index contributed by atoms with van der Waals surface area (Å²) in [5, 5.41) is 3.11. The van der Waals surface area contributed by atoms with Crippen LogP contribution in [0, 0.1) is 6.92 Å². The van der Waals surface area contributed by atoms with E-state index in [1.807, 2.05) is 72.2 Å². The quantitative estimate of drug-likeness (QED) is 0.394. The van der Waals surface area contributed by atoms with Crippen LogP contribution in [-0.2, 0) is 17.9 Å². The highest BCUT2D eigenvalue weighted by molar-refractivity contribution is 5.92. The molecule has 1 aliphatic heterocycles. The molecule has 1 N–H and O–H groups in total. The number of carbonyl (C=O) groups excluding carboxylic acids is 1. The number of para-hydroxylation sites is 3. The molecule has 0 radical (unpaired) electrons. The van der Waals surface area contributed by atoms with E-state index in [1.165, 1.54) is 5.69 Å². The number of amides is 1. The van der Waals surface area contributed by atoms with Gasteiger partial charge in [-0.1, -0.05) is 37.3 Å². The zero-order valence-corrected chi connectivity index (χ0v) is 21.0. The number of anilines is 2. The molecule has 1 fully saturated rings. The topological polar surface area (TPSA) is 62.6 Å². The number of likely N-dealkylation sites (N-methyl/N-ethyl adjacent to an activating group) is 1. The monoisotopic (exact) mass is 483 g/mol. The first-order valence-electron chi connectivity index (χ1n) is 12.6. The van der Waals surface area contributed by atoms with Gasteiger partial charge in [-0.2, -0.15) is 0 Å². The Morgan fingerprint density at radius 2 is 1.72 bits per heavy atom. The van der Waals surface area contributed by atoms with Crippen LogP contribution in [0.3, 0.4) is 0 Å². The fraction of sp³-hybridized carbons (Fsp3) is 0.310. The number of fused-ring (bicyclic) bond motifs is 1. The summed E-state index contributed by atoms with van der Waals surface area (Å²) in [6, 6.07) is 23.8. The number of aryl methyl sites for hydroxylation is 1. The van der Waals surface area contributed by atoms with Crippen molar-refractivity contribution in [2.24, 2.45) is 0 Å². The zero-order valence-electron chi connectivity index (χ0n) is 21.0. The maximum atomic E-state index is 13.1. The molecular weight excluding hydrogens is 450 g/mol. The van der Waals surface area contributed by atoms with Crippen molar-refractivity contribution in [1.29, 1.82) is 0 Å². The van der Waals surface area contributed by atoms with E-state index in [9.17, 15) is 4.79 Å². The number of hydrogen-bond acceptors (Lipinski definition) is 5. The summed E-state index contributed by atoms with van der Waals surface area (Å²) < 4.78 is 7.88.